The van der Waals surface area contributed by atoms with Crippen LogP contribution in [0.5, 0.6) is 0 Å². The first-order chi connectivity index (χ1) is 11.0. The molecule has 122 valence electrons. The number of hydrogen-bond donors (Lipinski definition) is 1. The van der Waals surface area contributed by atoms with Crippen molar-refractivity contribution in [1.29, 1.82) is 0 Å². The van der Waals surface area contributed by atoms with Crippen LogP contribution in [0.2, 0.25) is 0 Å². The molecule has 1 N–H and O–H groups in total. The summed E-state index contributed by atoms with van der Waals surface area (Å²) in [7, 11) is 0. The minimum absolute atomic E-state index is 0.198. The van der Waals surface area contributed by atoms with Crippen LogP contribution in [0.15, 0.2) is 17.1 Å². The third-order valence-corrected chi connectivity index (χ3v) is 4.77. The van der Waals surface area contributed by atoms with Crippen molar-refractivity contribution in [1.82, 2.24) is 19.5 Å². The first kappa shape index (κ1) is 15.9. The Bertz CT molecular complexity index is 790. The summed E-state index contributed by atoms with van der Waals surface area (Å²) < 4.78 is 5.63. The van der Waals surface area contributed by atoms with Crippen LogP contribution in [-0.2, 0) is 6.54 Å². The van der Waals surface area contributed by atoms with Crippen LogP contribution in [0.25, 0.3) is 0 Å². The number of aromatic nitrogens is 3. The largest absolute Gasteiger partial charge is 0.347 e. The van der Waals surface area contributed by atoms with Crippen LogP contribution in [-0.4, -0.2) is 20.1 Å². The van der Waals surface area contributed by atoms with E-state index in [9.17, 15) is 9.59 Å². The van der Waals surface area contributed by atoms with Crippen LogP contribution in [0.4, 0.5) is 0 Å². The molecule has 7 heteroatoms. The zero-order valence-corrected chi connectivity index (χ0v) is 14.3. The maximum Gasteiger partial charge on any atom is 0.263 e. The van der Waals surface area contributed by atoms with E-state index in [1.165, 1.54) is 11.5 Å². The van der Waals surface area contributed by atoms with Crippen molar-refractivity contribution < 1.29 is 4.79 Å². The van der Waals surface area contributed by atoms with E-state index in [-0.39, 0.29) is 29.0 Å². The summed E-state index contributed by atoms with van der Waals surface area (Å²) in [5.41, 5.74) is 1.64. The minimum Gasteiger partial charge on any atom is -0.347 e. The SMILES string of the molecule is Cc1ccn(C2CC2)c(=O)c1C(=O)NCc1snnc1C(C)C. The molecule has 0 atom stereocenters. The smallest absolute Gasteiger partial charge is 0.263 e. The Morgan fingerprint density at radius 1 is 1.48 bits per heavy atom. The average Bonchev–Trinajstić information content (AvgIpc) is 3.22. The highest BCUT2D eigenvalue weighted by atomic mass is 32.1. The third-order valence-electron chi connectivity index (χ3n) is 4.04. The zero-order chi connectivity index (χ0) is 16.6. The van der Waals surface area contributed by atoms with Gasteiger partial charge in [-0.1, -0.05) is 18.3 Å². The number of aryl methyl sites for hydroxylation is 1. The first-order valence-electron chi connectivity index (χ1n) is 7.80. The van der Waals surface area contributed by atoms with E-state index in [2.05, 4.69) is 14.9 Å². The number of carbonyl (C=O) groups excluding carboxylic acids is 1. The fraction of sp³-hybridized carbons (Fsp3) is 0.500. The molecule has 1 saturated carbocycles. The summed E-state index contributed by atoms with van der Waals surface area (Å²) in [5.74, 6) is -0.0724. The van der Waals surface area contributed by atoms with Gasteiger partial charge in [-0.25, -0.2) is 0 Å². The molecule has 1 aliphatic carbocycles. The molecular formula is C16H20N4O2S. The number of hydrogen-bond acceptors (Lipinski definition) is 5. The molecule has 0 spiro atoms. The van der Waals surface area contributed by atoms with Gasteiger partial charge in [0, 0.05) is 12.2 Å². The minimum atomic E-state index is -0.328. The van der Waals surface area contributed by atoms with Crippen molar-refractivity contribution in [3.63, 3.8) is 0 Å². The molecule has 1 fully saturated rings. The van der Waals surface area contributed by atoms with Crippen molar-refractivity contribution in [2.45, 2.75) is 52.1 Å². The normalized spacial score (nSPS) is 14.3. The Hall–Kier alpha value is -2.02. The van der Waals surface area contributed by atoms with Gasteiger partial charge in [0.15, 0.2) is 0 Å². The Balaban J connectivity index is 1.80. The van der Waals surface area contributed by atoms with Crippen molar-refractivity contribution in [2.24, 2.45) is 0 Å². The highest BCUT2D eigenvalue weighted by Crippen LogP contribution is 2.33. The van der Waals surface area contributed by atoms with Crippen molar-refractivity contribution >= 4 is 17.4 Å². The second-order valence-corrected chi connectivity index (χ2v) is 7.07. The van der Waals surface area contributed by atoms with Gasteiger partial charge in [0.25, 0.3) is 11.5 Å². The molecule has 0 aliphatic heterocycles. The van der Waals surface area contributed by atoms with E-state index in [1.807, 2.05) is 19.9 Å². The van der Waals surface area contributed by atoms with E-state index < -0.39 is 0 Å². The summed E-state index contributed by atoms with van der Waals surface area (Å²) in [4.78, 5) is 26.0. The van der Waals surface area contributed by atoms with Gasteiger partial charge in [-0.3, -0.25) is 9.59 Å². The fourth-order valence-electron chi connectivity index (χ4n) is 2.58. The Kier molecular flexibility index (Phi) is 4.30. The molecule has 6 nitrogen and oxygen atoms in total. The molecule has 0 unspecified atom stereocenters. The van der Waals surface area contributed by atoms with Crippen LogP contribution >= 0.6 is 11.5 Å². The lowest BCUT2D eigenvalue weighted by atomic mass is 10.1. The summed E-state index contributed by atoms with van der Waals surface area (Å²) in [6.45, 7) is 6.22. The van der Waals surface area contributed by atoms with Crippen LogP contribution in [0.3, 0.4) is 0 Å². The van der Waals surface area contributed by atoms with E-state index in [1.54, 1.807) is 17.7 Å². The molecule has 3 rings (SSSR count). The number of nitrogens with zero attached hydrogens (tertiary/aromatic N) is 3. The lowest BCUT2D eigenvalue weighted by Gasteiger charge is -2.10. The second-order valence-electron chi connectivity index (χ2n) is 6.24. The van der Waals surface area contributed by atoms with Crippen molar-refractivity contribution in [2.75, 3.05) is 0 Å². The van der Waals surface area contributed by atoms with Crippen LogP contribution in [0, 0.1) is 6.92 Å². The average molecular weight is 332 g/mol. The summed E-state index contributed by atoms with van der Waals surface area (Å²) in [6.07, 6.45) is 3.80. The number of carbonyl (C=O) groups is 1. The predicted octanol–water partition coefficient (Wildman–Crippen LogP) is 2.40. The summed E-state index contributed by atoms with van der Waals surface area (Å²) in [5, 5.41) is 6.94. The van der Waals surface area contributed by atoms with Crippen molar-refractivity contribution in [3.05, 3.63) is 44.3 Å². The second kappa shape index (κ2) is 6.23. The molecule has 23 heavy (non-hydrogen) atoms. The molecule has 1 aliphatic rings. The van der Waals surface area contributed by atoms with Crippen LogP contribution in [0.1, 0.15) is 65.1 Å². The third kappa shape index (κ3) is 3.19. The molecule has 0 saturated heterocycles. The van der Waals surface area contributed by atoms with Gasteiger partial charge < -0.3 is 9.88 Å². The number of pyridine rings is 1. The van der Waals surface area contributed by atoms with Gasteiger partial charge in [-0.05, 0) is 48.8 Å². The Labute approximate surface area is 138 Å². The monoisotopic (exact) mass is 332 g/mol. The van der Waals surface area contributed by atoms with E-state index in [0.29, 0.717) is 12.1 Å². The van der Waals surface area contributed by atoms with E-state index >= 15 is 0 Å². The van der Waals surface area contributed by atoms with E-state index in [0.717, 1.165) is 23.4 Å². The van der Waals surface area contributed by atoms with Crippen LogP contribution < -0.4 is 10.9 Å². The molecule has 1 amide bonds. The van der Waals surface area contributed by atoms with Gasteiger partial charge in [-0.2, -0.15) is 0 Å². The molecule has 2 aromatic rings. The Morgan fingerprint density at radius 3 is 2.87 bits per heavy atom. The molecular weight excluding hydrogens is 312 g/mol. The fourth-order valence-corrected chi connectivity index (χ4v) is 3.32. The number of rotatable bonds is 5. The molecule has 0 aromatic carbocycles. The molecule has 2 aromatic heterocycles. The highest BCUT2D eigenvalue weighted by molar-refractivity contribution is 7.05. The van der Waals surface area contributed by atoms with Gasteiger partial charge >= 0.3 is 0 Å². The maximum atomic E-state index is 12.5. The molecule has 0 radical (unpaired) electrons. The maximum absolute atomic E-state index is 12.5. The lowest BCUT2D eigenvalue weighted by molar-refractivity contribution is 0.0948. The van der Waals surface area contributed by atoms with E-state index in [4.69, 9.17) is 0 Å². The summed E-state index contributed by atoms with van der Waals surface area (Å²) >= 11 is 1.28. The lowest BCUT2D eigenvalue weighted by Crippen LogP contribution is -2.33. The van der Waals surface area contributed by atoms with Gasteiger partial charge in [0.1, 0.15) is 5.56 Å². The number of amides is 1. The topological polar surface area (TPSA) is 76.9 Å². The quantitative estimate of drug-likeness (QED) is 0.912. The summed E-state index contributed by atoms with van der Waals surface area (Å²) in [6, 6.07) is 2.09. The molecule has 2 heterocycles. The highest BCUT2D eigenvalue weighted by Gasteiger charge is 2.27. The molecule has 0 bridgehead atoms. The van der Waals surface area contributed by atoms with Gasteiger partial charge in [-0.15, -0.1) is 5.10 Å². The van der Waals surface area contributed by atoms with Crippen molar-refractivity contribution in [3.8, 4) is 0 Å². The first-order valence-corrected chi connectivity index (χ1v) is 8.57. The zero-order valence-electron chi connectivity index (χ0n) is 13.5. The Morgan fingerprint density at radius 2 is 2.22 bits per heavy atom. The predicted molar refractivity (Wildman–Crippen MR) is 88.9 cm³/mol. The number of nitrogens with one attached hydrogen (secondary N) is 1. The van der Waals surface area contributed by atoms with Gasteiger partial charge in [0.05, 0.1) is 17.1 Å². The van der Waals surface area contributed by atoms with Gasteiger partial charge in [0.2, 0.25) is 0 Å². The standard InChI is InChI=1S/C16H20N4O2S/c1-9(2)14-12(23-19-18-14)8-17-15(21)13-10(3)6-7-20(16(13)22)11-4-5-11/h6-7,9,11H,4-5,8H2,1-3H3,(H,17,21).